The number of urea groups is 1. The molecule has 30 heavy (non-hydrogen) atoms. The number of imidazole rings is 1. The summed E-state index contributed by atoms with van der Waals surface area (Å²) in [5, 5.41) is 35.7. The normalized spacial score (nSPS) is 15.0. The highest BCUT2D eigenvalue weighted by Gasteiger charge is 2.28. The first kappa shape index (κ1) is 22.8. The summed E-state index contributed by atoms with van der Waals surface area (Å²) < 4.78 is 5.13. The number of aromatic nitrogens is 4. The van der Waals surface area contributed by atoms with E-state index in [1.165, 1.54) is 13.3 Å². The standard InChI is InChI=1S/C16H23N7O7/c1-7(24)12(15(27)28)21-16(29)20-10(2-3-11(25)26)14-22-13(23-30-14)9(17)4-8-5-18-6-19-8/h5-7,9-10,12,24H,2-4,17H2,1H3,(H,18,19)(H,25,26)(H,27,28)(H2,20,21,29)/t7?,9-,10-,12-/m0/s1. The predicted molar refractivity (Wildman–Crippen MR) is 97.9 cm³/mol. The van der Waals surface area contributed by atoms with Crippen LogP contribution in [-0.2, 0) is 16.0 Å². The first-order valence-electron chi connectivity index (χ1n) is 8.93. The van der Waals surface area contributed by atoms with Gasteiger partial charge in [0.1, 0.15) is 6.04 Å². The van der Waals surface area contributed by atoms with E-state index in [2.05, 4.69) is 30.7 Å². The van der Waals surface area contributed by atoms with Crippen LogP contribution in [0.4, 0.5) is 4.79 Å². The minimum absolute atomic E-state index is 0.0922. The fourth-order valence-electron chi connectivity index (χ4n) is 2.52. The molecule has 2 heterocycles. The van der Waals surface area contributed by atoms with Crippen molar-refractivity contribution in [3.63, 3.8) is 0 Å². The topological polar surface area (TPSA) is 230 Å². The Morgan fingerprint density at radius 1 is 1.30 bits per heavy atom. The van der Waals surface area contributed by atoms with Gasteiger partial charge in [-0.25, -0.2) is 14.6 Å². The van der Waals surface area contributed by atoms with Gasteiger partial charge < -0.3 is 41.2 Å². The molecule has 0 aliphatic carbocycles. The van der Waals surface area contributed by atoms with Crippen molar-refractivity contribution in [1.29, 1.82) is 0 Å². The SMILES string of the molecule is CC(O)[C@H](NC(=O)N[C@@H](CCC(=O)O)c1nc([C@@H](N)Cc2cnc[nH]2)no1)C(=O)O. The fraction of sp³-hybridized carbons (Fsp3) is 0.500. The molecular weight excluding hydrogens is 402 g/mol. The Labute approximate surface area is 169 Å². The maximum atomic E-state index is 12.2. The van der Waals surface area contributed by atoms with Crippen molar-refractivity contribution in [1.82, 2.24) is 30.7 Å². The number of carboxylic acids is 2. The maximum Gasteiger partial charge on any atom is 0.328 e. The highest BCUT2D eigenvalue weighted by atomic mass is 16.5. The van der Waals surface area contributed by atoms with Crippen LogP contribution in [0, 0.1) is 0 Å². The molecule has 14 heteroatoms. The number of H-pyrrole nitrogens is 1. The van der Waals surface area contributed by atoms with Crippen molar-refractivity contribution in [2.75, 3.05) is 0 Å². The smallest absolute Gasteiger partial charge is 0.328 e. The molecule has 0 saturated carbocycles. The van der Waals surface area contributed by atoms with E-state index >= 15 is 0 Å². The number of hydrogen-bond donors (Lipinski definition) is 7. The van der Waals surface area contributed by atoms with E-state index in [1.807, 2.05) is 0 Å². The van der Waals surface area contributed by atoms with Gasteiger partial charge in [0.15, 0.2) is 11.9 Å². The van der Waals surface area contributed by atoms with Crippen LogP contribution in [0.5, 0.6) is 0 Å². The molecule has 0 bridgehead atoms. The molecule has 0 radical (unpaired) electrons. The predicted octanol–water partition coefficient (Wildman–Crippen LogP) is -0.926. The number of aliphatic carboxylic acids is 2. The van der Waals surface area contributed by atoms with Crippen LogP contribution in [0.3, 0.4) is 0 Å². The number of carbonyl (C=O) groups excluding carboxylic acids is 1. The molecule has 0 fully saturated rings. The average Bonchev–Trinajstić information content (AvgIpc) is 3.34. The summed E-state index contributed by atoms with van der Waals surface area (Å²) in [6, 6.07) is -4.19. The summed E-state index contributed by atoms with van der Waals surface area (Å²) in [4.78, 5) is 45.1. The molecule has 0 aliphatic rings. The van der Waals surface area contributed by atoms with Gasteiger partial charge in [0.2, 0.25) is 5.89 Å². The second-order valence-corrected chi connectivity index (χ2v) is 6.54. The molecule has 0 saturated heterocycles. The van der Waals surface area contributed by atoms with Gasteiger partial charge in [-0.1, -0.05) is 5.16 Å². The van der Waals surface area contributed by atoms with Crippen molar-refractivity contribution in [3.05, 3.63) is 29.9 Å². The fourth-order valence-corrected chi connectivity index (χ4v) is 2.52. The van der Waals surface area contributed by atoms with Crippen molar-refractivity contribution in [3.8, 4) is 0 Å². The molecule has 2 aromatic rings. The molecule has 164 valence electrons. The highest BCUT2D eigenvalue weighted by molar-refractivity contribution is 5.83. The maximum absolute atomic E-state index is 12.2. The van der Waals surface area contributed by atoms with E-state index in [9.17, 15) is 19.5 Å². The molecule has 0 spiro atoms. The van der Waals surface area contributed by atoms with Crippen LogP contribution in [0.15, 0.2) is 17.0 Å². The quantitative estimate of drug-likeness (QED) is 0.232. The lowest BCUT2D eigenvalue weighted by molar-refractivity contribution is -0.141. The summed E-state index contributed by atoms with van der Waals surface area (Å²) in [5.74, 6) is -2.52. The van der Waals surface area contributed by atoms with Crippen LogP contribution >= 0.6 is 0 Å². The van der Waals surface area contributed by atoms with E-state index in [4.69, 9.17) is 20.5 Å². The van der Waals surface area contributed by atoms with Crippen molar-refractivity contribution >= 4 is 18.0 Å². The summed E-state index contributed by atoms with van der Waals surface area (Å²) in [6.45, 7) is 1.20. The largest absolute Gasteiger partial charge is 0.481 e. The number of nitrogens with zero attached hydrogens (tertiary/aromatic N) is 3. The molecular formula is C16H23N7O7. The number of hydrogen-bond acceptors (Lipinski definition) is 9. The van der Waals surface area contributed by atoms with Crippen molar-refractivity contribution in [2.45, 2.75) is 50.4 Å². The minimum Gasteiger partial charge on any atom is -0.481 e. The third kappa shape index (κ3) is 6.52. The van der Waals surface area contributed by atoms with Gasteiger partial charge in [0, 0.05) is 24.7 Å². The van der Waals surface area contributed by atoms with Crippen LogP contribution in [0.1, 0.15) is 49.3 Å². The third-order valence-electron chi connectivity index (χ3n) is 4.07. The minimum atomic E-state index is -1.56. The molecule has 0 aliphatic heterocycles. The monoisotopic (exact) mass is 425 g/mol. The Hall–Kier alpha value is -3.52. The Morgan fingerprint density at radius 3 is 2.60 bits per heavy atom. The number of aromatic amines is 1. The number of rotatable bonds is 11. The Morgan fingerprint density at radius 2 is 2.03 bits per heavy atom. The summed E-state index contributed by atoms with van der Waals surface area (Å²) >= 11 is 0. The number of amides is 2. The van der Waals surface area contributed by atoms with E-state index in [-0.39, 0.29) is 24.6 Å². The molecule has 14 nitrogen and oxygen atoms in total. The lowest BCUT2D eigenvalue weighted by Crippen LogP contribution is -2.51. The second-order valence-electron chi connectivity index (χ2n) is 6.54. The summed E-state index contributed by atoms with van der Waals surface area (Å²) in [5.41, 5.74) is 6.78. The van der Waals surface area contributed by atoms with Crippen molar-refractivity contribution < 1.29 is 34.2 Å². The number of aliphatic hydroxyl groups excluding tert-OH is 1. The van der Waals surface area contributed by atoms with Crippen molar-refractivity contribution in [2.24, 2.45) is 5.73 Å². The summed E-state index contributed by atoms with van der Waals surface area (Å²) in [7, 11) is 0. The van der Waals surface area contributed by atoms with Crippen LogP contribution < -0.4 is 16.4 Å². The van der Waals surface area contributed by atoms with Gasteiger partial charge in [-0.15, -0.1) is 0 Å². The molecule has 2 amide bonds. The molecule has 4 atom stereocenters. The third-order valence-corrected chi connectivity index (χ3v) is 4.07. The van der Waals surface area contributed by atoms with Gasteiger partial charge in [-0.05, 0) is 13.3 Å². The van der Waals surface area contributed by atoms with E-state index < -0.39 is 42.2 Å². The van der Waals surface area contributed by atoms with Gasteiger partial charge in [0.25, 0.3) is 0 Å². The Bertz CT molecular complexity index is 852. The highest BCUT2D eigenvalue weighted by Crippen LogP contribution is 2.20. The molecule has 2 aromatic heterocycles. The van der Waals surface area contributed by atoms with Crippen LogP contribution in [0.2, 0.25) is 0 Å². The first-order chi connectivity index (χ1) is 14.2. The zero-order valence-electron chi connectivity index (χ0n) is 16.0. The molecule has 8 N–H and O–H groups in total. The van der Waals surface area contributed by atoms with E-state index in [1.54, 1.807) is 6.20 Å². The van der Waals surface area contributed by atoms with Gasteiger partial charge in [-0.3, -0.25) is 4.79 Å². The van der Waals surface area contributed by atoms with E-state index in [0.29, 0.717) is 6.42 Å². The second kappa shape index (κ2) is 10.3. The molecule has 2 rings (SSSR count). The molecule has 0 aromatic carbocycles. The van der Waals surface area contributed by atoms with E-state index in [0.717, 1.165) is 5.69 Å². The van der Waals surface area contributed by atoms with Gasteiger partial charge in [0.05, 0.1) is 18.5 Å². The summed E-state index contributed by atoms with van der Waals surface area (Å²) in [6.07, 6.45) is 1.62. The number of nitrogens with one attached hydrogen (secondary N) is 3. The lowest BCUT2D eigenvalue weighted by Gasteiger charge is -2.20. The van der Waals surface area contributed by atoms with Crippen LogP contribution in [-0.4, -0.2) is 65.5 Å². The Kier molecular flexibility index (Phi) is 7.83. The number of carboxylic acid groups (broad SMARTS) is 2. The average molecular weight is 425 g/mol. The van der Waals surface area contributed by atoms with Gasteiger partial charge >= 0.3 is 18.0 Å². The Balaban J connectivity index is 2.10. The number of aliphatic hydroxyl groups is 1. The zero-order chi connectivity index (χ0) is 22.3. The van der Waals surface area contributed by atoms with Gasteiger partial charge in [-0.2, -0.15) is 4.98 Å². The molecule has 1 unspecified atom stereocenters. The van der Waals surface area contributed by atoms with Crippen LogP contribution in [0.25, 0.3) is 0 Å². The number of carbonyl (C=O) groups is 3. The first-order valence-corrected chi connectivity index (χ1v) is 8.93. The number of nitrogens with two attached hydrogens (primary N) is 1. The zero-order valence-corrected chi connectivity index (χ0v) is 16.0. The lowest BCUT2D eigenvalue weighted by atomic mass is 10.1.